The van der Waals surface area contributed by atoms with Gasteiger partial charge in [0.25, 0.3) is 0 Å². The predicted octanol–water partition coefficient (Wildman–Crippen LogP) is 3.85. The number of thiazole rings is 1. The molecule has 2 aliphatic carbocycles. The molecule has 172 valence electrons. The number of carbonyl (C=O) groups excluding carboxylic acids is 2. The maximum Gasteiger partial charge on any atom is 0.317 e. The summed E-state index contributed by atoms with van der Waals surface area (Å²) in [5.41, 5.74) is 1.83. The second-order valence-corrected chi connectivity index (χ2v) is 11.8. The van der Waals surface area contributed by atoms with Gasteiger partial charge in [0, 0.05) is 21.6 Å². The Balaban J connectivity index is 1.40. The van der Waals surface area contributed by atoms with Gasteiger partial charge in [-0.05, 0) is 35.8 Å². The molecule has 2 aliphatic heterocycles. The number of aromatic nitrogens is 1. The van der Waals surface area contributed by atoms with Crippen LogP contribution in [0.4, 0.5) is 0 Å². The third kappa shape index (κ3) is 2.72. The van der Waals surface area contributed by atoms with E-state index in [0.29, 0.717) is 6.54 Å². The number of ether oxygens (including phenoxy) is 1. The molecule has 4 aliphatic rings. The zero-order valence-corrected chi connectivity index (χ0v) is 19.6. The highest BCUT2D eigenvalue weighted by Gasteiger charge is 2.69. The smallest absolute Gasteiger partial charge is 0.317 e. The second-order valence-electron chi connectivity index (χ2n) is 9.66. The van der Waals surface area contributed by atoms with Crippen molar-refractivity contribution in [2.24, 2.45) is 29.6 Å². The van der Waals surface area contributed by atoms with Crippen LogP contribution in [-0.4, -0.2) is 26.9 Å². The number of carbonyl (C=O) groups is 2. The van der Waals surface area contributed by atoms with Crippen molar-refractivity contribution < 1.29 is 19.4 Å². The second kappa shape index (κ2) is 7.33. The first-order valence-corrected chi connectivity index (χ1v) is 13.2. The molecule has 1 aromatic heterocycles. The average Bonchev–Trinajstić information content (AvgIpc) is 3.55. The summed E-state index contributed by atoms with van der Waals surface area (Å²) in [4.78, 5) is 39.3. The van der Waals surface area contributed by atoms with Crippen molar-refractivity contribution in [2.75, 3.05) is 0 Å². The lowest BCUT2D eigenvalue weighted by Gasteiger charge is -2.43. The molecule has 0 unspecified atom stereocenters. The Morgan fingerprint density at radius 1 is 0.941 bits per heavy atom. The number of benzene rings is 2. The molecule has 3 fully saturated rings. The summed E-state index contributed by atoms with van der Waals surface area (Å²) in [7, 11) is 0. The Morgan fingerprint density at radius 2 is 1.65 bits per heavy atom. The number of esters is 2. The summed E-state index contributed by atoms with van der Waals surface area (Å²) in [6.07, 6.45) is 0.806. The highest BCUT2D eigenvalue weighted by atomic mass is 32.2. The van der Waals surface area contributed by atoms with Crippen LogP contribution in [0.1, 0.15) is 28.3 Å². The van der Waals surface area contributed by atoms with E-state index < -0.39 is 17.9 Å². The Kier molecular flexibility index (Phi) is 4.42. The molecule has 3 aromatic rings. The number of thioether (sulfide) groups is 1. The first-order valence-electron chi connectivity index (χ1n) is 11.5. The quantitative estimate of drug-likeness (QED) is 0.443. The van der Waals surface area contributed by atoms with Gasteiger partial charge in [-0.15, -0.1) is 11.8 Å². The molecule has 0 spiro atoms. The largest absolute Gasteiger partial charge is 0.508 e. The Bertz CT molecular complexity index is 1400. The summed E-state index contributed by atoms with van der Waals surface area (Å²) in [5.74, 6) is -1.49. The van der Waals surface area contributed by atoms with E-state index in [-0.39, 0.29) is 45.5 Å². The van der Waals surface area contributed by atoms with E-state index >= 15 is 0 Å². The number of aromatic hydroxyl groups is 1. The minimum Gasteiger partial charge on any atom is -0.508 e. The van der Waals surface area contributed by atoms with Gasteiger partial charge in [-0.2, -0.15) is 0 Å². The Labute approximate surface area is 203 Å². The minimum atomic E-state index is -0.405. The van der Waals surface area contributed by atoms with E-state index in [1.165, 1.54) is 11.3 Å². The molecule has 2 aromatic carbocycles. The fraction of sp³-hybridized carbons (Fsp3) is 0.346. The zero-order chi connectivity index (χ0) is 23.1. The average molecular weight is 492 g/mol. The number of phenols is 1. The van der Waals surface area contributed by atoms with Crippen LogP contribution >= 0.6 is 23.1 Å². The SMILES string of the molecule is O=C1OC(=O)[C@@H]2[C@H]3C[C@H]([C@@H]12)[C@@H]1[C@H](c2ccccc2O)c2sc(=O)n(Cc4ccccc4)c2S[C@@H]31. The van der Waals surface area contributed by atoms with Gasteiger partial charge in [-0.3, -0.25) is 19.0 Å². The number of rotatable bonds is 3. The van der Waals surface area contributed by atoms with Crippen LogP contribution in [0.25, 0.3) is 0 Å². The van der Waals surface area contributed by atoms with Crippen molar-refractivity contribution >= 4 is 35.0 Å². The molecule has 6 nitrogen and oxygen atoms in total. The molecule has 0 radical (unpaired) electrons. The number of cyclic esters (lactones) is 2. The van der Waals surface area contributed by atoms with Crippen LogP contribution in [0.15, 0.2) is 64.4 Å². The van der Waals surface area contributed by atoms with Gasteiger partial charge in [0.1, 0.15) is 5.75 Å². The summed E-state index contributed by atoms with van der Waals surface area (Å²) in [6.45, 7) is 0.476. The van der Waals surface area contributed by atoms with Crippen molar-refractivity contribution in [3.63, 3.8) is 0 Å². The van der Waals surface area contributed by atoms with Crippen molar-refractivity contribution in [2.45, 2.75) is 29.2 Å². The summed E-state index contributed by atoms with van der Waals surface area (Å²) in [5, 5.41) is 11.8. The minimum absolute atomic E-state index is 0.00369. The monoisotopic (exact) mass is 491 g/mol. The van der Waals surface area contributed by atoms with Crippen molar-refractivity contribution in [1.82, 2.24) is 4.57 Å². The number of nitrogens with zero attached hydrogens (tertiary/aromatic N) is 1. The van der Waals surface area contributed by atoms with Gasteiger partial charge in [0.15, 0.2) is 0 Å². The lowest BCUT2D eigenvalue weighted by atomic mass is 9.68. The number of fused-ring (bicyclic) bond motifs is 9. The first kappa shape index (κ1) is 20.5. The fourth-order valence-corrected chi connectivity index (χ4v) is 10.1. The van der Waals surface area contributed by atoms with E-state index in [1.807, 2.05) is 47.0 Å². The van der Waals surface area contributed by atoms with Crippen LogP contribution in [0.3, 0.4) is 0 Å². The lowest BCUT2D eigenvalue weighted by Crippen LogP contribution is -2.43. The topological polar surface area (TPSA) is 85.6 Å². The van der Waals surface area contributed by atoms with Crippen molar-refractivity contribution in [3.05, 3.63) is 80.3 Å². The first-order chi connectivity index (χ1) is 16.5. The molecular formula is C26H21NO5S2. The molecule has 2 bridgehead atoms. The number of hydrogen-bond donors (Lipinski definition) is 1. The maximum atomic E-state index is 13.2. The highest BCUT2D eigenvalue weighted by Crippen LogP contribution is 2.68. The van der Waals surface area contributed by atoms with Crippen LogP contribution in [0.5, 0.6) is 5.75 Å². The van der Waals surface area contributed by atoms with Crippen LogP contribution in [0.2, 0.25) is 0 Å². The van der Waals surface area contributed by atoms with E-state index in [0.717, 1.165) is 27.5 Å². The molecule has 1 N–H and O–H groups in total. The van der Waals surface area contributed by atoms with Gasteiger partial charge < -0.3 is 9.84 Å². The van der Waals surface area contributed by atoms with Crippen LogP contribution in [0, 0.1) is 29.6 Å². The lowest BCUT2D eigenvalue weighted by molar-refractivity contribution is -0.154. The maximum absolute atomic E-state index is 13.2. The van der Waals surface area contributed by atoms with Gasteiger partial charge in [0.05, 0.1) is 23.4 Å². The van der Waals surface area contributed by atoms with Crippen molar-refractivity contribution in [3.8, 4) is 5.75 Å². The normalized spacial score (nSPS) is 32.9. The van der Waals surface area contributed by atoms with Gasteiger partial charge in [-0.1, -0.05) is 59.9 Å². The Morgan fingerprint density at radius 3 is 2.41 bits per heavy atom. The molecular weight excluding hydrogens is 470 g/mol. The number of phenolic OH excluding ortho intramolecular Hbond substituents is 1. The van der Waals surface area contributed by atoms with E-state index in [4.69, 9.17) is 4.74 Å². The van der Waals surface area contributed by atoms with Crippen LogP contribution in [-0.2, 0) is 20.9 Å². The van der Waals surface area contributed by atoms with E-state index in [9.17, 15) is 19.5 Å². The van der Waals surface area contributed by atoms with Crippen LogP contribution < -0.4 is 4.87 Å². The van der Waals surface area contributed by atoms with Gasteiger partial charge in [-0.25, -0.2) is 0 Å². The molecule has 8 heteroatoms. The number of para-hydroxylation sites is 1. The number of hydrogen-bond acceptors (Lipinski definition) is 7. The van der Waals surface area contributed by atoms with Gasteiger partial charge >= 0.3 is 16.8 Å². The molecule has 3 heterocycles. The van der Waals surface area contributed by atoms with Gasteiger partial charge in [0.2, 0.25) is 0 Å². The zero-order valence-electron chi connectivity index (χ0n) is 18.0. The van der Waals surface area contributed by atoms with E-state index in [1.54, 1.807) is 23.9 Å². The molecule has 7 rings (SSSR count). The molecule has 7 atom stereocenters. The van der Waals surface area contributed by atoms with E-state index in [2.05, 4.69) is 0 Å². The molecule has 0 amide bonds. The molecule has 34 heavy (non-hydrogen) atoms. The predicted molar refractivity (Wildman–Crippen MR) is 127 cm³/mol. The highest BCUT2D eigenvalue weighted by molar-refractivity contribution is 8.00. The Hall–Kier alpha value is -2.84. The molecule has 1 saturated heterocycles. The third-order valence-electron chi connectivity index (χ3n) is 8.14. The summed E-state index contributed by atoms with van der Waals surface area (Å²) in [6, 6.07) is 17.2. The summed E-state index contributed by atoms with van der Waals surface area (Å²) >= 11 is 2.93. The fourth-order valence-electron chi connectivity index (χ4n) is 6.92. The summed E-state index contributed by atoms with van der Waals surface area (Å²) < 4.78 is 6.91. The molecule has 2 saturated carbocycles. The van der Waals surface area contributed by atoms with Crippen molar-refractivity contribution in [1.29, 1.82) is 0 Å². The third-order valence-corrected chi connectivity index (χ3v) is 10.9. The standard InChI is InChI=1S/C26H21NO5S2/c28-16-9-5-4-8-13(16)17-18-14-10-15(20-19(14)24(29)32-25(20)30)21(18)33-23-22(17)34-26(31)27(23)11-12-6-2-1-3-7-12/h1-9,14-15,17-21,28H,10-11H2/t14-,15+,17-,18+,19+,20+,21-/m0/s1.